The first-order chi connectivity index (χ1) is 10.0. The zero-order chi connectivity index (χ0) is 15.0. The Balaban J connectivity index is 2.09. The van der Waals surface area contributed by atoms with Crippen LogP contribution < -0.4 is 0 Å². The van der Waals surface area contributed by atoms with Crippen LogP contribution in [-0.2, 0) is 11.2 Å². The number of carbonyl (C=O) groups is 1. The van der Waals surface area contributed by atoms with Crippen LogP contribution >= 0.6 is 11.6 Å². The predicted octanol–water partition coefficient (Wildman–Crippen LogP) is 3.91. The van der Waals surface area contributed by atoms with E-state index in [-0.39, 0.29) is 16.5 Å². The molecule has 0 saturated heterocycles. The molecule has 6 heteroatoms. The number of carboxylic acids is 1. The maximum absolute atomic E-state index is 13.9. The minimum absolute atomic E-state index is 0.0207. The fraction of sp³-hybridized carbons (Fsp3) is 0.0667. The van der Waals surface area contributed by atoms with Crippen molar-refractivity contribution in [3.8, 4) is 11.5 Å². The van der Waals surface area contributed by atoms with E-state index in [4.69, 9.17) is 21.1 Å². The monoisotopic (exact) mass is 305 g/mol. The summed E-state index contributed by atoms with van der Waals surface area (Å²) < 4.78 is 19.5. The smallest absolute Gasteiger partial charge is 0.307 e. The normalized spacial score (nSPS) is 11.0. The van der Waals surface area contributed by atoms with Gasteiger partial charge in [0.2, 0.25) is 5.89 Å². The van der Waals surface area contributed by atoms with Crippen molar-refractivity contribution in [1.82, 2.24) is 4.98 Å². The van der Waals surface area contributed by atoms with E-state index >= 15 is 0 Å². The molecule has 0 aliphatic carbocycles. The first-order valence-corrected chi connectivity index (χ1v) is 6.48. The third-order valence-electron chi connectivity index (χ3n) is 3.00. The lowest BCUT2D eigenvalue weighted by molar-refractivity contribution is -0.136. The molecule has 3 aromatic rings. The highest BCUT2D eigenvalue weighted by molar-refractivity contribution is 6.33. The molecule has 0 atom stereocenters. The fourth-order valence-corrected chi connectivity index (χ4v) is 2.30. The van der Waals surface area contributed by atoms with Crippen LogP contribution in [0.25, 0.3) is 22.6 Å². The van der Waals surface area contributed by atoms with E-state index in [0.29, 0.717) is 16.7 Å². The molecule has 0 bridgehead atoms. The van der Waals surface area contributed by atoms with Gasteiger partial charge < -0.3 is 9.52 Å². The number of nitrogens with zero attached hydrogens (tertiary/aromatic N) is 1. The van der Waals surface area contributed by atoms with Crippen LogP contribution in [0.4, 0.5) is 4.39 Å². The number of aliphatic carboxylic acids is 1. The Bertz CT molecular complexity index is 811. The van der Waals surface area contributed by atoms with E-state index < -0.39 is 18.2 Å². The Hall–Kier alpha value is -2.40. The highest BCUT2D eigenvalue weighted by atomic mass is 35.5. The van der Waals surface area contributed by atoms with Crippen molar-refractivity contribution in [3.05, 3.63) is 52.8 Å². The van der Waals surface area contributed by atoms with E-state index in [1.54, 1.807) is 18.2 Å². The number of hydrogen-bond acceptors (Lipinski definition) is 3. The number of rotatable bonds is 3. The third kappa shape index (κ3) is 2.60. The van der Waals surface area contributed by atoms with Crippen molar-refractivity contribution in [1.29, 1.82) is 0 Å². The molecule has 0 saturated carbocycles. The van der Waals surface area contributed by atoms with E-state index in [9.17, 15) is 9.18 Å². The van der Waals surface area contributed by atoms with Gasteiger partial charge in [-0.1, -0.05) is 23.7 Å². The van der Waals surface area contributed by atoms with Gasteiger partial charge >= 0.3 is 5.97 Å². The number of benzene rings is 2. The van der Waals surface area contributed by atoms with Gasteiger partial charge in [0.1, 0.15) is 11.3 Å². The first kappa shape index (κ1) is 13.6. The summed E-state index contributed by atoms with van der Waals surface area (Å²) in [7, 11) is 0. The van der Waals surface area contributed by atoms with Crippen molar-refractivity contribution in [2.75, 3.05) is 0 Å². The maximum atomic E-state index is 13.9. The summed E-state index contributed by atoms with van der Waals surface area (Å²) in [6.07, 6.45) is -0.431. The molecule has 21 heavy (non-hydrogen) atoms. The molecule has 2 aromatic carbocycles. The van der Waals surface area contributed by atoms with Crippen LogP contribution in [0.1, 0.15) is 5.56 Å². The highest BCUT2D eigenvalue weighted by Gasteiger charge is 2.16. The zero-order valence-corrected chi connectivity index (χ0v) is 11.4. The van der Waals surface area contributed by atoms with Gasteiger partial charge in [-0.15, -0.1) is 0 Å². The van der Waals surface area contributed by atoms with Crippen LogP contribution in [-0.4, -0.2) is 16.1 Å². The largest absolute Gasteiger partial charge is 0.481 e. The van der Waals surface area contributed by atoms with Crippen LogP contribution in [0, 0.1) is 5.82 Å². The Kier molecular flexibility index (Phi) is 3.35. The van der Waals surface area contributed by atoms with E-state index in [1.807, 2.05) is 6.07 Å². The Morgan fingerprint density at radius 1 is 1.33 bits per heavy atom. The van der Waals surface area contributed by atoms with Crippen molar-refractivity contribution in [2.45, 2.75) is 6.42 Å². The van der Waals surface area contributed by atoms with Crippen LogP contribution in [0.3, 0.4) is 0 Å². The van der Waals surface area contributed by atoms with Gasteiger partial charge in [0, 0.05) is 5.56 Å². The van der Waals surface area contributed by atoms with Crippen molar-refractivity contribution in [2.24, 2.45) is 0 Å². The summed E-state index contributed by atoms with van der Waals surface area (Å²) in [6, 6.07) is 9.56. The average molecular weight is 306 g/mol. The topological polar surface area (TPSA) is 63.3 Å². The van der Waals surface area contributed by atoms with E-state index in [1.165, 1.54) is 6.07 Å². The Morgan fingerprint density at radius 2 is 2.10 bits per heavy atom. The Labute approximate surface area is 123 Å². The van der Waals surface area contributed by atoms with Gasteiger partial charge in [0.05, 0.1) is 17.0 Å². The van der Waals surface area contributed by atoms with E-state index in [2.05, 4.69) is 4.98 Å². The lowest BCUT2D eigenvalue weighted by atomic mass is 10.1. The zero-order valence-electron chi connectivity index (χ0n) is 10.6. The van der Waals surface area contributed by atoms with Crippen molar-refractivity contribution in [3.63, 3.8) is 0 Å². The van der Waals surface area contributed by atoms with E-state index in [0.717, 1.165) is 6.07 Å². The number of oxazole rings is 1. The molecule has 106 valence electrons. The molecule has 1 heterocycles. The second kappa shape index (κ2) is 5.18. The Morgan fingerprint density at radius 3 is 2.81 bits per heavy atom. The van der Waals surface area contributed by atoms with Gasteiger partial charge in [0.25, 0.3) is 0 Å². The number of aromatic nitrogens is 1. The summed E-state index contributed by atoms with van der Waals surface area (Å²) in [5.74, 6) is -1.58. The minimum atomic E-state index is -1.13. The molecule has 3 rings (SSSR count). The summed E-state index contributed by atoms with van der Waals surface area (Å²) in [4.78, 5) is 14.9. The van der Waals surface area contributed by atoms with Gasteiger partial charge in [-0.05, 0) is 24.3 Å². The molecule has 0 fully saturated rings. The highest BCUT2D eigenvalue weighted by Crippen LogP contribution is 2.32. The second-order valence-corrected chi connectivity index (χ2v) is 4.89. The number of fused-ring (bicyclic) bond motifs is 1. The number of para-hydroxylation sites is 2. The van der Waals surface area contributed by atoms with Gasteiger partial charge in [0.15, 0.2) is 5.58 Å². The molecular weight excluding hydrogens is 297 g/mol. The van der Waals surface area contributed by atoms with Gasteiger partial charge in [-0.25, -0.2) is 9.37 Å². The fourth-order valence-electron chi connectivity index (χ4n) is 2.04. The molecule has 4 nitrogen and oxygen atoms in total. The lowest BCUT2D eigenvalue weighted by Crippen LogP contribution is -2.03. The maximum Gasteiger partial charge on any atom is 0.307 e. The molecule has 0 radical (unpaired) electrons. The molecule has 0 aliphatic heterocycles. The van der Waals surface area contributed by atoms with Gasteiger partial charge in [-0.3, -0.25) is 4.79 Å². The lowest BCUT2D eigenvalue weighted by Gasteiger charge is -2.04. The summed E-state index contributed by atoms with van der Waals surface area (Å²) in [5.41, 5.74) is 1.52. The van der Waals surface area contributed by atoms with Crippen LogP contribution in [0.15, 0.2) is 40.8 Å². The summed E-state index contributed by atoms with van der Waals surface area (Å²) >= 11 is 6.09. The molecular formula is C15H9ClFNO3. The molecule has 1 aromatic heterocycles. The van der Waals surface area contributed by atoms with Gasteiger partial charge in [-0.2, -0.15) is 0 Å². The summed E-state index contributed by atoms with van der Waals surface area (Å²) in [6.45, 7) is 0. The van der Waals surface area contributed by atoms with Crippen LogP contribution in [0.5, 0.6) is 0 Å². The van der Waals surface area contributed by atoms with Crippen molar-refractivity contribution >= 4 is 28.7 Å². The number of hydrogen-bond donors (Lipinski definition) is 1. The molecule has 0 spiro atoms. The number of halogens is 2. The van der Waals surface area contributed by atoms with Crippen molar-refractivity contribution < 1.29 is 18.7 Å². The van der Waals surface area contributed by atoms with Crippen LogP contribution in [0.2, 0.25) is 5.02 Å². The third-order valence-corrected chi connectivity index (χ3v) is 3.31. The average Bonchev–Trinajstić information content (AvgIpc) is 2.85. The predicted molar refractivity (Wildman–Crippen MR) is 75.8 cm³/mol. The molecule has 0 aliphatic rings. The summed E-state index contributed by atoms with van der Waals surface area (Å²) in [5, 5.41) is 8.92. The SMILES string of the molecule is O=C(O)Cc1cc(Cl)c(-c2nc3ccccc3o2)cc1F. The minimum Gasteiger partial charge on any atom is -0.481 e. The quantitative estimate of drug-likeness (QED) is 0.796. The molecule has 0 unspecified atom stereocenters. The standard InChI is InChI=1S/C15H9ClFNO3/c16-10-5-8(6-14(19)20)11(17)7-9(10)15-18-12-3-1-2-4-13(12)21-15/h1-5,7H,6H2,(H,19,20). The molecule has 1 N–H and O–H groups in total. The first-order valence-electron chi connectivity index (χ1n) is 6.10. The number of carboxylic acid groups (broad SMARTS) is 1. The molecule has 0 amide bonds. The second-order valence-electron chi connectivity index (χ2n) is 4.48.